The number of aromatic nitrogens is 2. The van der Waals surface area contributed by atoms with E-state index < -0.39 is 12.5 Å². The molecule has 2 aromatic heterocycles. The van der Waals surface area contributed by atoms with Crippen LogP contribution in [0.1, 0.15) is 24.6 Å². The number of nitrogens with one attached hydrogen (secondary N) is 2. The van der Waals surface area contributed by atoms with E-state index in [0.717, 1.165) is 16.9 Å². The van der Waals surface area contributed by atoms with Crippen LogP contribution >= 0.6 is 0 Å². The van der Waals surface area contributed by atoms with Crippen LogP contribution in [-0.2, 0) is 16.1 Å². The molecule has 26 heavy (non-hydrogen) atoms. The number of likely N-dealkylation sites (tertiary alicyclic amines) is 1. The van der Waals surface area contributed by atoms with Gasteiger partial charge in [-0.05, 0) is 38.0 Å². The zero-order chi connectivity index (χ0) is 18.7. The van der Waals surface area contributed by atoms with Crippen molar-refractivity contribution in [3.63, 3.8) is 0 Å². The highest BCUT2D eigenvalue weighted by atomic mass is 16.3. The number of aliphatic hydroxyl groups is 1. The summed E-state index contributed by atoms with van der Waals surface area (Å²) >= 11 is 0. The molecule has 140 valence electrons. The molecule has 1 aliphatic heterocycles. The van der Waals surface area contributed by atoms with E-state index >= 15 is 0 Å². The normalized spacial score (nSPS) is 20.4. The van der Waals surface area contributed by atoms with Crippen molar-refractivity contribution in [1.82, 2.24) is 24.9 Å². The Morgan fingerprint density at radius 1 is 1.42 bits per heavy atom. The smallest absolute Gasteiger partial charge is 0.245 e. The molecule has 1 fully saturated rings. The van der Waals surface area contributed by atoms with Gasteiger partial charge in [-0.25, -0.2) is 4.98 Å². The number of imidazole rings is 1. The summed E-state index contributed by atoms with van der Waals surface area (Å²) in [6.45, 7) is 4.98. The van der Waals surface area contributed by atoms with Crippen molar-refractivity contribution in [1.29, 1.82) is 0 Å². The Labute approximate surface area is 152 Å². The zero-order valence-corrected chi connectivity index (χ0v) is 15.1. The van der Waals surface area contributed by atoms with E-state index in [1.807, 2.05) is 47.7 Å². The number of amides is 2. The van der Waals surface area contributed by atoms with Crippen LogP contribution in [0.25, 0.3) is 5.65 Å². The third kappa shape index (κ3) is 4.03. The Bertz CT molecular complexity index is 803. The molecule has 3 heterocycles. The molecular formula is C18H25N5O3. The monoisotopic (exact) mass is 359 g/mol. The van der Waals surface area contributed by atoms with Crippen LogP contribution in [0.3, 0.4) is 0 Å². The van der Waals surface area contributed by atoms with E-state index in [2.05, 4.69) is 15.6 Å². The van der Waals surface area contributed by atoms with Gasteiger partial charge in [0.05, 0.1) is 11.7 Å². The molecule has 0 radical (unpaired) electrons. The van der Waals surface area contributed by atoms with Gasteiger partial charge in [-0.1, -0.05) is 0 Å². The number of pyridine rings is 1. The highest BCUT2D eigenvalue weighted by molar-refractivity contribution is 5.82. The zero-order valence-electron chi connectivity index (χ0n) is 15.1. The number of hydrogen-bond acceptors (Lipinski definition) is 5. The van der Waals surface area contributed by atoms with Crippen molar-refractivity contribution in [2.24, 2.45) is 0 Å². The lowest BCUT2D eigenvalue weighted by Crippen LogP contribution is -2.42. The molecule has 0 aromatic carbocycles. The fraction of sp³-hybridized carbons (Fsp3) is 0.500. The minimum Gasteiger partial charge on any atom is -0.387 e. The lowest BCUT2D eigenvalue weighted by Gasteiger charge is -2.22. The molecule has 3 rings (SSSR count). The van der Waals surface area contributed by atoms with Crippen molar-refractivity contribution in [3.05, 3.63) is 35.8 Å². The highest BCUT2D eigenvalue weighted by Crippen LogP contribution is 2.21. The highest BCUT2D eigenvalue weighted by Gasteiger charge is 2.37. The SMILES string of the molecule is CCNC(=O)[C@@H]1C[C@H](NC(=O)CO)CN1Cc1cn2ccc(C)cc2n1. The van der Waals surface area contributed by atoms with Crippen molar-refractivity contribution in [2.45, 2.75) is 38.9 Å². The van der Waals surface area contributed by atoms with Gasteiger partial charge in [0.2, 0.25) is 11.8 Å². The average Bonchev–Trinajstić information content (AvgIpc) is 3.18. The molecule has 0 aliphatic carbocycles. The van der Waals surface area contributed by atoms with Crippen molar-refractivity contribution in [3.8, 4) is 0 Å². The molecule has 0 saturated carbocycles. The van der Waals surface area contributed by atoms with Gasteiger partial charge in [0.15, 0.2) is 0 Å². The molecule has 2 aromatic rings. The summed E-state index contributed by atoms with van der Waals surface area (Å²) in [6, 6.07) is 3.54. The van der Waals surface area contributed by atoms with Gasteiger partial charge in [0.1, 0.15) is 12.3 Å². The molecule has 0 spiro atoms. The maximum absolute atomic E-state index is 12.4. The maximum atomic E-state index is 12.4. The van der Waals surface area contributed by atoms with Crippen LogP contribution in [0.5, 0.6) is 0 Å². The molecular weight excluding hydrogens is 334 g/mol. The lowest BCUT2D eigenvalue weighted by molar-refractivity contribution is -0.126. The molecule has 1 saturated heterocycles. The first-order chi connectivity index (χ1) is 12.5. The summed E-state index contributed by atoms with van der Waals surface area (Å²) in [5.41, 5.74) is 2.89. The van der Waals surface area contributed by atoms with Crippen LogP contribution in [-0.4, -0.2) is 63.0 Å². The summed E-state index contributed by atoms with van der Waals surface area (Å²) in [6.07, 6.45) is 4.45. The number of carbonyl (C=O) groups excluding carboxylic acids is 2. The Balaban J connectivity index is 1.76. The summed E-state index contributed by atoms with van der Waals surface area (Å²) in [4.78, 5) is 30.6. The maximum Gasteiger partial charge on any atom is 0.245 e. The van der Waals surface area contributed by atoms with E-state index in [1.54, 1.807) is 0 Å². The Morgan fingerprint density at radius 3 is 2.96 bits per heavy atom. The van der Waals surface area contributed by atoms with Crippen LogP contribution in [0, 0.1) is 6.92 Å². The Morgan fingerprint density at radius 2 is 2.23 bits per heavy atom. The van der Waals surface area contributed by atoms with E-state index in [4.69, 9.17) is 5.11 Å². The topological polar surface area (TPSA) is 99.0 Å². The van der Waals surface area contributed by atoms with Gasteiger partial charge in [-0.2, -0.15) is 0 Å². The molecule has 0 unspecified atom stereocenters. The van der Waals surface area contributed by atoms with Crippen LogP contribution in [0.2, 0.25) is 0 Å². The van der Waals surface area contributed by atoms with Crippen LogP contribution in [0.4, 0.5) is 0 Å². The van der Waals surface area contributed by atoms with Gasteiger partial charge < -0.3 is 20.1 Å². The van der Waals surface area contributed by atoms with Crippen LogP contribution < -0.4 is 10.6 Å². The predicted molar refractivity (Wildman–Crippen MR) is 96.4 cm³/mol. The molecule has 1 aliphatic rings. The lowest BCUT2D eigenvalue weighted by atomic mass is 10.1. The second-order valence-electron chi connectivity index (χ2n) is 6.70. The number of hydrogen-bond donors (Lipinski definition) is 3. The van der Waals surface area contributed by atoms with E-state index in [-0.39, 0.29) is 18.0 Å². The Hall–Kier alpha value is -2.45. The molecule has 3 N–H and O–H groups in total. The summed E-state index contributed by atoms with van der Waals surface area (Å²) < 4.78 is 1.96. The molecule has 2 amide bonds. The second-order valence-corrected chi connectivity index (χ2v) is 6.70. The van der Waals surface area contributed by atoms with Crippen molar-refractivity contribution < 1.29 is 14.7 Å². The van der Waals surface area contributed by atoms with Crippen LogP contribution in [0.15, 0.2) is 24.5 Å². The number of fused-ring (bicyclic) bond motifs is 1. The first-order valence-corrected chi connectivity index (χ1v) is 8.86. The molecule has 8 heteroatoms. The summed E-state index contributed by atoms with van der Waals surface area (Å²) in [5.74, 6) is -0.470. The fourth-order valence-electron chi connectivity index (χ4n) is 3.44. The number of carbonyl (C=O) groups is 2. The standard InChI is InChI=1S/C18H25N5O3/c1-3-19-18(26)15-7-13(21-17(25)11-24)8-23(15)10-14-9-22-5-4-12(2)6-16(22)20-14/h4-6,9,13,15,24H,3,7-8,10-11H2,1-2H3,(H,19,26)(H,21,25)/t13-,15-/m0/s1. The largest absolute Gasteiger partial charge is 0.387 e. The number of nitrogens with zero attached hydrogens (tertiary/aromatic N) is 3. The second kappa shape index (κ2) is 7.84. The summed E-state index contributed by atoms with van der Waals surface area (Å²) in [7, 11) is 0. The van der Waals surface area contributed by atoms with Gasteiger partial charge in [0, 0.05) is 38.1 Å². The minimum absolute atomic E-state index is 0.0483. The number of aliphatic hydroxyl groups excluding tert-OH is 1. The van der Waals surface area contributed by atoms with E-state index in [0.29, 0.717) is 26.1 Å². The third-order valence-corrected chi connectivity index (χ3v) is 4.60. The predicted octanol–water partition coefficient (Wildman–Crippen LogP) is -0.170. The molecule has 2 atom stereocenters. The van der Waals surface area contributed by atoms with E-state index in [1.165, 1.54) is 0 Å². The van der Waals surface area contributed by atoms with E-state index in [9.17, 15) is 9.59 Å². The quantitative estimate of drug-likeness (QED) is 0.665. The van der Waals surface area contributed by atoms with Crippen molar-refractivity contribution in [2.75, 3.05) is 19.7 Å². The first-order valence-electron chi connectivity index (χ1n) is 8.86. The number of rotatable bonds is 6. The van der Waals surface area contributed by atoms with Crippen molar-refractivity contribution >= 4 is 17.5 Å². The molecule has 8 nitrogen and oxygen atoms in total. The molecule has 0 bridgehead atoms. The van der Waals surface area contributed by atoms with Gasteiger partial charge in [0.25, 0.3) is 0 Å². The van der Waals surface area contributed by atoms with Gasteiger partial charge in [-0.3, -0.25) is 14.5 Å². The third-order valence-electron chi connectivity index (χ3n) is 4.60. The number of likely N-dealkylation sites (N-methyl/N-ethyl adjacent to an activating group) is 1. The summed E-state index contributed by atoms with van der Waals surface area (Å²) in [5, 5.41) is 14.6. The fourth-order valence-corrected chi connectivity index (χ4v) is 3.44. The Kier molecular flexibility index (Phi) is 5.53. The minimum atomic E-state index is -0.548. The first kappa shape index (κ1) is 18.3. The number of aryl methyl sites for hydroxylation is 1. The van der Waals surface area contributed by atoms with Gasteiger partial charge >= 0.3 is 0 Å². The average molecular weight is 359 g/mol. The van der Waals surface area contributed by atoms with Gasteiger partial charge in [-0.15, -0.1) is 0 Å².